The molecule has 1 heterocycles. The number of hydrogen-bond donors (Lipinski definition) is 3. The molecule has 1 saturated heterocycles. The summed E-state index contributed by atoms with van der Waals surface area (Å²) in [5.74, 6) is -0.352. The quantitative estimate of drug-likeness (QED) is 0.175. The Hall–Kier alpha value is -1.69. The molecule has 1 rings (SSSR count). The van der Waals surface area contributed by atoms with Crippen LogP contribution in [0.1, 0.15) is 38.5 Å². The summed E-state index contributed by atoms with van der Waals surface area (Å²) < 4.78 is 4.56. The van der Waals surface area contributed by atoms with Gasteiger partial charge in [0.2, 0.25) is 0 Å². The molecular formula is C15H25N3O3. The number of amides is 1. The van der Waals surface area contributed by atoms with Crippen LogP contribution >= 0.6 is 0 Å². The predicted octanol–water partition coefficient (Wildman–Crippen LogP) is 1.16. The van der Waals surface area contributed by atoms with Crippen LogP contribution in [0.15, 0.2) is 11.6 Å². The Morgan fingerprint density at radius 2 is 2.05 bits per heavy atom. The molecule has 0 spiro atoms. The highest BCUT2D eigenvalue weighted by Gasteiger charge is 2.18. The van der Waals surface area contributed by atoms with Crippen molar-refractivity contribution in [2.75, 3.05) is 20.2 Å². The number of nitrogens with one attached hydrogen (secondary N) is 3. The SMILES string of the molecule is COC(=O)CCCCCCNC(=O)C(C=N)=CCC1CN1. The average Bonchev–Trinajstić information content (AvgIpc) is 3.30. The van der Waals surface area contributed by atoms with Gasteiger partial charge in [0.1, 0.15) is 0 Å². The maximum atomic E-state index is 11.8. The smallest absolute Gasteiger partial charge is 0.305 e. The van der Waals surface area contributed by atoms with Gasteiger partial charge in [-0.05, 0) is 19.3 Å². The normalized spacial score (nSPS) is 17.2. The number of rotatable bonds is 11. The third-order valence-electron chi connectivity index (χ3n) is 3.35. The largest absolute Gasteiger partial charge is 0.469 e. The van der Waals surface area contributed by atoms with Crippen molar-refractivity contribution in [3.8, 4) is 0 Å². The maximum absolute atomic E-state index is 11.8. The Morgan fingerprint density at radius 3 is 2.67 bits per heavy atom. The Labute approximate surface area is 125 Å². The van der Waals surface area contributed by atoms with Crippen LogP contribution in [0.5, 0.6) is 0 Å². The van der Waals surface area contributed by atoms with Gasteiger partial charge in [0, 0.05) is 31.8 Å². The van der Waals surface area contributed by atoms with Gasteiger partial charge < -0.3 is 20.8 Å². The molecule has 0 radical (unpaired) electrons. The summed E-state index contributed by atoms with van der Waals surface area (Å²) in [6, 6.07) is 0.475. The zero-order valence-electron chi connectivity index (χ0n) is 12.6. The van der Waals surface area contributed by atoms with E-state index >= 15 is 0 Å². The number of methoxy groups -OCH3 is 1. The van der Waals surface area contributed by atoms with Crippen LogP contribution in [0.3, 0.4) is 0 Å². The van der Waals surface area contributed by atoms with Crippen molar-refractivity contribution in [2.24, 2.45) is 0 Å². The van der Waals surface area contributed by atoms with Crippen molar-refractivity contribution >= 4 is 18.1 Å². The maximum Gasteiger partial charge on any atom is 0.305 e. The number of ether oxygens (including phenoxy) is 1. The minimum atomic E-state index is -0.180. The summed E-state index contributed by atoms with van der Waals surface area (Å²) in [5.41, 5.74) is 0.425. The van der Waals surface area contributed by atoms with Gasteiger partial charge in [-0.15, -0.1) is 0 Å². The van der Waals surface area contributed by atoms with Gasteiger partial charge in [0.05, 0.1) is 12.7 Å². The highest BCUT2D eigenvalue weighted by molar-refractivity contribution is 6.11. The third-order valence-corrected chi connectivity index (χ3v) is 3.35. The van der Waals surface area contributed by atoms with Crippen molar-refractivity contribution in [1.82, 2.24) is 10.6 Å². The Balaban J connectivity index is 2.05. The van der Waals surface area contributed by atoms with Gasteiger partial charge in [-0.3, -0.25) is 9.59 Å². The van der Waals surface area contributed by atoms with E-state index < -0.39 is 0 Å². The zero-order valence-corrected chi connectivity index (χ0v) is 12.6. The molecule has 3 N–H and O–H groups in total. The first-order valence-electron chi connectivity index (χ1n) is 7.46. The van der Waals surface area contributed by atoms with E-state index in [4.69, 9.17) is 5.41 Å². The Kier molecular flexibility index (Phi) is 8.35. The molecule has 0 bridgehead atoms. The number of hydrogen-bond acceptors (Lipinski definition) is 5. The van der Waals surface area contributed by atoms with E-state index in [1.165, 1.54) is 7.11 Å². The lowest BCUT2D eigenvalue weighted by Gasteiger charge is -2.05. The second-order valence-electron chi connectivity index (χ2n) is 5.14. The second-order valence-corrected chi connectivity index (χ2v) is 5.14. The molecule has 1 unspecified atom stereocenters. The van der Waals surface area contributed by atoms with Crippen LogP contribution in [0.4, 0.5) is 0 Å². The second kappa shape index (κ2) is 10.1. The van der Waals surface area contributed by atoms with E-state index in [1.54, 1.807) is 0 Å². The minimum absolute atomic E-state index is 0.172. The molecule has 0 aromatic heterocycles. The predicted molar refractivity (Wildman–Crippen MR) is 81.4 cm³/mol. The lowest BCUT2D eigenvalue weighted by atomic mass is 10.1. The van der Waals surface area contributed by atoms with Gasteiger partial charge in [-0.1, -0.05) is 18.9 Å². The molecule has 0 aromatic carbocycles. The fraction of sp³-hybridized carbons (Fsp3) is 0.667. The Morgan fingerprint density at radius 1 is 1.33 bits per heavy atom. The van der Waals surface area contributed by atoms with E-state index in [0.29, 0.717) is 24.6 Å². The summed E-state index contributed by atoms with van der Waals surface area (Å²) in [5, 5.41) is 13.2. The molecule has 1 aliphatic rings. The summed E-state index contributed by atoms with van der Waals surface area (Å²) in [6.45, 7) is 1.60. The van der Waals surface area contributed by atoms with Gasteiger partial charge in [-0.2, -0.15) is 0 Å². The van der Waals surface area contributed by atoms with E-state index in [0.717, 1.165) is 44.9 Å². The molecule has 6 heteroatoms. The molecule has 1 amide bonds. The van der Waals surface area contributed by atoms with Crippen molar-refractivity contribution < 1.29 is 14.3 Å². The van der Waals surface area contributed by atoms with Gasteiger partial charge in [0.15, 0.2) is 0 Å². The molecular weight excluding hydrogens is 270 g/mol. The molecule has 0 aliphatic carbocycles. The van der Waals surface area contributed by atoms with Crippen molar-refractivity contribution in [3.05, 3.63) is 11.6 Å². The first-order chi connectivity index (χ1) is 10.2. The van der Waals surface area contributed by atoms with Crippen molar-refractivity contribution in [2.45, 2.75) is 44.6 Å². The number of unbranched alkanes of at least 4 members (excludes halogenated alkanes) is 3. The molecule has 21 heavy (non-hydrogen) atoms. The highest BCUT2D eigenvalue weighted by atomic mass is 16.5. The standard InChI is InChI=1S/C15H25N3O3/c1-21-14(19)6-4-2-3-5-9-17-15(20)12(10-16)7-8-13-11-18-13/h7,10,13,16,18H,2-6,8-9,11H2,1H3,(H,17,20). The minimum Gasteiger partial charge on any atom is -0.469 e. The molecule has 0 saturated carbocycles. The van der Waals surface area contributed by atoms with Crippen LogP contribution in [-0.4, -0.2) is 44.3 Å². The van der Waals surface area contributed by atoms with Crippen molar-refractivity contribution in [3.63, 3.8) is 0 Å². The molecule has 6 nitrogen and oxygen atoms in total. The average molecular weight is 295 g/mol. The highest BCUT2D eigenvalue weighted by Crippen LogP contribution is 2.06. The molecule has 1 fully saturated rings. The Bertz CT molecular complexity index is 390. The number of carbonyl (C=O) groups excluding carboxylic acids is 2. The van der Waals surface area contributed by atoms with Crippen LogP contribution in [0.2, 0.25) is 0 Å². The lowest BCUT2D eigenvalue weighted by molar-refractivity contribution is -0.140. The first-order valence-corrected chi connectivity index (χ1v) is 7.46. The van der Waals surface area contributed by atoms with Crippen LogP contribution < -0.4 is 10.6 Å². The first kappa shape index (κ1) is 17.4. The van der Waals surface area contributed by atoms with Gasteiger partial charge >= 0.3 is 5.97 Å². The van der Waals surface area contributed by atoms with E-state index in [2.05, 4.69) is 15.4 Å². The summed E-state index contributed by atoms with van der Waals surface area (Å²) >= 11 is 0. The number of carbonyl (C=O) groups is 2. The van der Waals surface area contributed by atoms with Crippen LogP contribution in [0, 0.1) is 5.41 Å². The summed E-state index contributed by atoms with van der Waals surface area (Å²) in [6.07, 6.45) is 7.78. The molecule has 1 atom stereocenters. The monoisotopic (exact) mass is 295 g/mol. The summed E-state index contributed by atoms with van der Waals surface area (Å²) in [4.78, 5) is 22.7. The summed E-state index contributed by atoms with van der Waals surface area (Å²) in [7, 11) is 1.39. The molecule has 1 aliphatic heterocycles. The molecule has 0 aromatic rings. The van der Waals surface area contributed by atoms with Crippen molar-refractivity contribution in [1.29, 1.82) is 5.41 Å². The number of esters is 1. The topological polar surface area (TPSA) is 101 Å². The van der Waals surface area contributed by atoms with Crippen LogP contribution in [0.25, 0.3) is 0 Å². The van der Waals surface area contributed by atoms with E-state index in [9.17, 15) is 9.59 Å². The molecule has 118 valence electrons. The fourth-order valence-corrected chi connectivity index (χ4v) is 1.89. The zero-order chi connectivity index (χ0) is 15.5. The van der Waals surface area contributed by atoms with E-state index in [-0.39, 0.29) is 11.9 Å². The third kappa shape index (κ3) is 8.24. The van der Waals surface area contributed by atoms with E-state index in [1.807, 2.05) is 6.08 Å². The fourth-order valence-electron chi connectivity index (χ4n) is 1.89. The van der Waals surface area contributed by atoms with Gasteiger partial charge in [-0.25, -0.2) is 0 Å². The van der Waals surface area contributed by atoms with Gasteiger partial charge in [0.25, 0.3) is 5.91 Å². The van der Waals surface area contributed by atoms with Crippen LogP contribution in [-0.2, 0) is 14.3 Å². The lowest BCUT2D eigenvalue weighted by Crippen LogP contribution is -2.26.